The molecule has 0 radical (unpaired) electrons. The van der Waals surface area contributed by atoms with Crippen LogP contribution in [0.1, 0.15) is 32.1 Å². The number of fused-ring (bicyclic) bond motifs is 1. The Morgan fingerprint density at radius 1 is 1.29 bits per heavy atom. The van der Waals surface area contributed by atoms with Gasteiger partial charge in [-0.2, -0.15) is 0 Å². The van der Waals surface area contributed by atoms with Crippen LogP contribution in [0.3, 0.4) is 0 Å². The van der Waals surface area contributed by atoms with Gasteiger partial charge in [-0.3, -0.25) is 14.9 Å². The highest BCUT2D eigenvalue weighted by atomic mass is 16.6. The normalized spacial score (nSPS) is 18.8. The summed E-state index contributed by atoms with van der Waals surface area (Å²) >= 11 is 0. The number of hydrogen-bond acceptors (Lipinski definition) is 4. The molecule has 1 aromatic rings. The van der Waals surface area contributed by atoms with E-state index in [9.17, 15) is 14.9 Å². The number of nitrogens with zero attached hydrogens (tertiary/aromatic N) is 2. The maximum atomic E-state index is 12.7. The molecule has 1 amide bonds. The van der Waals surface area contributed by atoms with Crippen molar-refractivity contribution < 1.29 is 14.5 Å². The molecule has 6 heteroatoms. The molecule has 0 unspecified atom stereocenters. The number of ether oxygens (including phenoxy) is 1. The lowest BCUT2D eigenvalue weighted by Crippen LogP contribution is -2.42. The minimum Gasteiger partial charge on any atom is -0.490 e. The van der Waals surface area contributed by atoms with E-state index in [0.717, 1.165) is 25.7 Å². The van der Waals surface area contributed by atoms with Crippen molar-refractivity contribution in [2.45, 2.75) is 32.1 Å². The summed E-state index contributed by atoms with van der Waals surface area (Å²) in [7, 11) is 0. The molecule has 0 spiro atoms. The molecule has 1 heterocycles. The topological polar surface area (TPSA) is 72.7 Å². The summed E-state index contributed by atoms with van der Waals surface area (Å²) in [6, 6.07) is 4.43. The first-order valence-corrected chi connectivity index (χ1v) is 7.39. The van der Waals surface area contributed by atoms with E-state index in [1.54, 1.807) is 11.0 Å². The first-order valence-electron chi connectivity index (χ1n) is 7.39. The maximum absolute atomic E-state index is 12.7. The van der Waals surface area contributed by atoms with Crippen molar-refractivity contribution in [3.05, 3.63) is 28.3 Å². The molecule has 1 aliphatic carbocycles. The van der Waals surface area contributed by atoms with Gasteiger partial charge in [-0.15, -0.1) is 0 Å². The fourth-order valence-electron chi connectivity index (χ4n) is 3.12. The van der Waals surface area contributed by atoms with E-state index >= 15 is 0 Å². The molecule has 1 saturated carbocycles. The Bertz CT molecular complexity index is 567. The number of hydrogen-bond donors (Lipinski definition) is 0. The summed E-state index contributed by atoms with van der Waals surface area (Å²) < 4.78 is 5.51. The zero-order valence-corrected chi connectivity index (χ0v) is 11.8. The number of amides is 1. The molecule has 0 N–H and O–H groups in total. The number of rotatable bonds is 2. The fourth-order valence-corrected chi connectivity index (χ4v) is 3.12. The van der Waals surface area contributed by atoms with Crippen LogP contribution in [0.4, 0.5) is 11.4 Å². The van der Waals surface area contributed by atoms with E-state index in [1.807, 2.05) is 0 Å². The van der Waals surface area contributed by atoms with Gasteiger partial charge in [0.1, 0.15) is 12.4 Å². The second-order valence-corrected chi connectivity index (χ2v) is 5.58. The van der Waals surface area contributed by atoms with Gasteiger partial charge in [-0.05, 0) is 18.9 Å². The minimum atomic E-state index is -0.446. The van der Waals surface area contributed by atoms with Gasteiger partial charge >= 0.3 is 0 Å². The van der Waals surface area contributed by atoms with E-state index in [1.165, 1.54) is 18.6 Å². The maximum Gasteiger partial charge on any atom is 0.271 e. The summed E-state index contributed by atoms with van der Waals surface area (Å²) in [5.74, 6) is 0.680. The molecule has 0 bridgehead atoms. The first kappa shape index (κ1) is 13.9. The number of benzene rings is 1. The van der Waals surface area contributed by atoms with E-state index in [2.05, 4.69) is 0 Å². The summed E-state index contributed by atoms with van der Waals surface area (Å²) in [5.41, 5.74) is 0.520. The van der Waals surface area contributed by atoms with E-state index in [4.69, 9.17) is 4.74 Å². The van der Waals surface area contributed by atoms with Crippen LogP contribution in [0.25, 0.3) is 0 Å². The molecule has 6 nitrogen and oxygen atoms in total. The van der Waals surface area contributed by atoms with Crippen molar-refractivity contribution in [2.24, 2.45) is 5.92 Å². The van der Waals surface area contributed by atoms with Crippen LogP contribution in [-0.4, -0.2) is 24.0 Å². The highest BCUT2D eigenvalue weighted by Crippen LogP contribution is 2.37. The standard InChI is InChI=1S/C15H18N2O4/c18-15(11-4-2-1-3-5-11)16-8-9-21-14-7-6-12(17(19)20)10-13(14)16/h6-7,10-11H,1-5,8-9H2. The third kappa shape index (κ3) is 2.70. The van der Waals surface area contributed by atoms with Crippen molar-refractivity contribution in [1.82, 2.24) is 0 Å². The van der Waals surface area contributed by atoms with Crippen molar-refractivity contribution >= 4 is 17.3 Å². The molecule has 112 valence electrons. The van der Waals surface area contributed by atoms with Gasteiger partial charge in [-0.25, -0.2) is 0 Å². The molecule has 1 fully saturated rings. The van der Waals surface area contributed by atoms with Crippen molar-refractivity contribution in [2.75, 3.05) is 18.1 Å². The summed E-state index contributed by atoms with van der Waals surface area (Å²) in [4.78, 5) is 24.8. The highest BCUT2D eigenvalue weighted by Gasteiger charge is 2.31. The smallest absolute Gasteiger partial charge is 0.271 e. The lowest BCUT2D eigenvalue weighted by Gasteiger charge is -2.33. The van der Waals surface area contributed by atoms with Crippen LogP contribution < -0.4 is 9.64 Å². The number of carbonyl (C=O) groups is 1. The Morgan fingerprint density at radius 2 is 2.05 bits per heavy atom. The quantitative estimate of drug-likeness (QED) is 0.620. The van der Waals surface area contributed by atoms with Gasteiger partial charge < -0.3 is 9.64 Å². The Kier molecular flexibility index (Phi) is 3.77. The van der Waals surface area contributed by atoms with Crippen LogP contribution in [-0.2, 0) is 4.79 Å². The first-order chi connectivity index (χ1) is 10.2. The minimum absolute atomic E-state index is 0.0132. The van der Waals surface area contributed by atoms with Gasteiger partial charge in [0.15, 0.2) is 0 Å². The fraction of sp³-hybridized carbons (Fsp3) is 0.533. The van der Waals surface area contributed by atoms with E-state index in [-0.39, 0.29) is 17.5 Å². The average Bonchev–Trinajstić information content (AvgIpc) is 2.54. The Hall–Kier alpha value is -2.11. The molecule has 0 saturated heterocycles. The van der Waals surface area contributed by atoms with Gasteiger partial charge in [0, 0.05) is 18.1 Å². The lowest BCUT2D eigenvalue weighted by atomic mass is 9.88. The number of nitro groups is 1. The molecule has 21 heavy (non-hydrogen) atoms. The SMILES string of the molecule is O=C(C1CCCCC1)N1CCOc2ccc([N+](=O)[O-])cc21. The van der Waals surface area contributed by atoms with Gasteiger partial charge in [0.25, 0.3) is 5.69 Å². The molecule has 0 atom stereocenters. The highest BCUT2D eigenvalue weighted by molar-refractivity contribution is 5.97. The molecular weight excluding hydrogens is 272 g/mol. The predicted octanol–water partition coefficient (Wildman–Crippen LogP) is 2.90. The molecule has 0 aromatic heterocycles. The molecule has 1 aromatic carbocycles. The monoisotopic (exact) mass is 290 g/mol. The van der Waals surface area contributed by atoms with Crippen molar-refractivity contribution in [3.8, 4) is 5.75 Å². The van der Waals surface area contributed by atoms with Gasteiger partial charge in [0.05, 0.1) is 17.2 Å². The van der Waals surface area contributed by atoms with Crippen LogP contribution in [0, 0.1) is 16.0 Å². The van der Waals surface area contributed by atoms with Crippen LogP contribution in [0.15, 0.2) is 18.2 Å². The molecule has 1 aliphatic heterocycles. The third-order valence-corrected chi connectivity index (χ3v) is 4.24. The number of non-ortho nitro benzene ring substituents is 1. The predicted molar refractivity (Wildman–Crippen MR) is 77.5 cm³/mol. The molecule has 2 aliphatic rings. The van der Waals surface area contributed by atoms with Crippen molar-refractivity contribution in [1.29, 1.82) is 0 Å². The summed E-state index contributed by atoms with van der Waals surface area (Å²) in [6.07, 6.45) is 5.20. The zero-order chi connectivity index (χ0) is 14.8. The van der Waals surface area contributed by atoms with Crippen LogP contribution in [0.5, 0.6) is 5.75 Å². The number of anilines is 1. The molecular formula is C15H18N2O4. The van der Waals surface area contributed by atoms with Gasteiger partial charge in [0.2, 0.25) is 5.91 Å². The number of carbonyl (C=O) groups excluding carboxylic acids is 1. The largest absolute Gasteiger partial charge is 0.490 e. The zero-order valence-electron chi connectivity index (χ0n) is 11.8. The summed E-state index contributed by atoms with van der Waals surface area (Å²) in [6.45, 7) is 0.896. The van der Waals surface area contributed by atoms with Gasteiger partial charge in [-0.1, -0.05) is 19.3 Å². The van der Waals surface area contributed by atoms with Crippen molar-refractivity contribution in [3.63, 3.8) is 0 Å². The summed E-state index contributed by atoms with van der Waals surface area (Å²) in [5, 5.41) is 10.9. The van der Waals surface area contributed by atoms with Crippen LogP contribution >= 0.6 is 0 Å². The number of nitro benzene ring substituents is 1. The Morgan fingerprint density at radius 3 is 2.76 bits per heavy atom. The Balaban J connectivity index is 1.89. The lowest BCUT2D eigenvalue weighted by molar-refractivity contribution is -0.384. The van der Waals surface area contributed by atoms with E-state index in [0.29, 0.717) is 24.6 Å². The Labute approximate surface area is 122 Å². The van der Waals surface area contributed by atoms with E-state index < -0.39 is 4.92 Å². The molecule has 3 rings (SSSR count). The second-order valence-electron chi connectivity index (χ2n) is 5.58. The second kappa shape index (κ2) is 5.71. The van der Waals surface area contributed by atoms with Crippen LogP contribution in [0.2, 0.25) is 0 Å². The average molecular weight is 290 g/mol. The third-order valence-electron chi connectivity index (χ3n) is 4.24.